The molecule has 2 N–H and O–H groups in total. The summed E-state index contributed by atoms with van der Waals surface area (Å²) in [6, 6.07) is 29.2. The van der Waals surface area contributed by atoms with Crippen molar-refractivity contribution in [3.8, 4) is 0 Å². The lowest BCUT2D eigenvalue weighted by molar-refractivity contribution is -0.151. The molecule has 3 atom stereocenters. The summed E-state index contributed by atoms with van der Waals surface area (Å²) in [6.45, 7) is 0. The van der Waals surface area contributed by atoms with Gasteiger partial charge >= 0.3 is 0 Å². The number of aliphatic hydroxyl groups is 2. The van der Waals surface area contributed by atoms with Gasteiger partial charge < -0.3 is 10.2 Å². The van der Waals surface area contributed by atoms with E-state index >= 15 is 0 Å². The molecule has 2 heteroatoms. The van der Waals surface area contributed by atoms with E-state index in [-0.39, 0.29) is 5.92 Å². The van der Waals surface area contributed by atoms with Crippen LogP contribution in [0.2, 0.25) is 0 Å². The van der Waals surface area contributed by atoms with Gasteiger partial charge in [-0.2, -0.15) is 0 Å². The normalized spacial score (nSPS) is 28.8. The van der Waals surface area contributed by atoms with Crippen molar-refractivity contribution in [2.75, 3.05) is 0 Å². The number of hydrogen-bond acceptors (Lipinski definition) is 2. The van der Waals surface area contributed by atoms with Crippen LogP contribution in [0.3, 0.4) is 0 Å². The van der Waals surface area contributed by atoms with Gasteiger partial charge in [-0.25, -0.2) is 0 Å². The first-order valence-corrected chi connectivity index (χ1v) is 8.77. The Bertz CT molecular complexity index is 832. The minimum Gasteiger partial charge on any atom is -0.382 e. The molecule has 2 nitrogen and oxygen atoms in total. The summed E-state index contributed by atoms with van der Waals surface area (Å²) < 4.78 is 0. The zero-order chi connectivity index (χ0) is 17.3. The molecule has 25 heavy (non-hydrogen) atoms. The molecular weight excluding hydrogens is 308 g/mol. The van der Waals surface area contributed by atoms with Crippen LogP contribution in [-0.2, 0) is 11.2 Å². The van der Waals surface area contributed by atoms with Gasteiger partial charge in [0.25, 0.3) is 0 Å². The minimum absolute atomic E-state index is 0.165. The van der Waals surface area contributed by atoms with Gasteiger partial charge in [0.2, 0.25) is 0 Å². The van der Waals surface area contributed by atoms with Gasteiger partial charge in [0.1, 0.15) is 11.2 Å². The molecule has 1 saturated carbocycles. The highest BCUT2D eigenvalue weighted by Gasteiger charge is 2.60. The second-order valence-corrected chi connectivity index (χ2v) is 6.86. The molecule has 3 aromatic rings. The smallest absolute Gasteiger partial charge is 0.129 e. The van der Waals surface area contributed by atoms with Crippen molar-refractivity contribution >= 4 is 0 Å². The fourth-order valence-corrected chi connectivity index (χ4v) is 4.34. The SMILES string of the molecule is O[C@]1(c2ccccc2)CC[C@H](c2ccccc2)[C@@]1(O)c1ccccc1. The van der Waals surface area contributed by atoms with Crippen molar-refractivity contribution in [2.45, 2.75) is 30.0 Å². The molecule has 0 spiro atoms. The highest BCUT2D eigenvalue weighted by atomic mass is 16.4. The van der Waals surface area contributed by atoms with Crippen molar-refractivity contribution in [2.24, 2.45) is 0 Å². The van der Waals surface area contributed by atoms with Crippen molar-refractivity contribution in [3.05, 3.63) is 108 Å². The standard InChI is InChI=1S/C23H22O2/c24-22(19-12-6-2-7-13-19)17-16-21(18-10-4-1-5-11-18)23(22,25)20-14-8-3-9-15-20/h1-15,21,24-25H,16-17H2/t21-,22+,23+/m1/s1. The predicted octanol–water partition coefficient (Wildman–Crippen LogP) is 4.34. The van der Waals surface area contributed by atoms with Crippen molar-refractivity contribution < 1.29 is 10.2 Å². The molecule has 4 rings (SSSR count). The van der Waals surface area contributed by atoms with Gasteiger partial charge in [-0.05, 0) is 29.5 Å². The Hall–Kier alpha value is -2.42. The largest absolute Gasteiger partial charge is 0.382 e. The average Bonchev–Trinajstić information content (AvgIpc) is 2.97. The van der Waals surface area contributed by atoms with E-state index in [1.807, 2.05) is 91.0 Å². The van der Waals surface area contributed by atoms with Crippen LogP contribution in [0, 0.1) is 0 Å². The van der Waals surface area contributed by atoms with Crippen LogP contribution >= 0.6 is 0 Å². The molecule has 0 bridgehead atoms. The van der Waals surface area contributed by atoms with Crippen molar-refractivity contribution in [1.82, 2.24) is 0 Å². The first kappa shape index (κ1) is 16.1. The maximum Gasteiger partial charge on any atom is 0.129 e. The molecule has 0 unspecified atom stereocenters. The molecule has 3 aromatic carbocycles. The minimum atomic E-state index is -1.38. The van der Waals surface area contributed by atoms with Crippen LogP contribution in [-0.4, -0.2) is 10.2 Å². The first-order chi connectivity index (χ1) is 12.2. The summed E-state index contributed by atoms with van der Waals surface area (Å²) in [5.41, 5.74) is -0.124. The van der Waals surface area contributed by atoms with E-state index in [2.05, 4.69) is 0 Å². The van der Waals surface area contributed by atoms with Crippen molar-refractivity contribution in [1.29, 1.82) is 0 Å². The summed E-state index contributed by atoms with van der Waals surface area (Å²) in [5.74, 6) is -0.165. The number of hydrogen-bond donors (Lipinski definition) is 2. The van der Waals surface area contributed by atoms with Gasteiger partial charge in [0.15, 0.2) is 0 Å². The third-order valence-corrected chi connectivity index (χ3v) is 5.60. The molecule has 0 aromatic heterocycles. The molecule has 0 saturated heterocycles. The molecule has 0 aliphatic heterocycles. The van der Waals surface area contributed by atoms with Crippen molar-refractivity contribution in [3.63, 3.8) is 0 Å². The number of benzene rings is 3. The third kappa shape index (κ3) is 2.41. The second kappa shape index (κ2) is 6.14. The first-order valence-electron chi connectivity index (χ1n) is 8.77. The zero-order valence-corrected chi connectivity index (χ0v) is 14.0. The summed E-state index contributed by atoms with van der Waals surface area (Å²) in [7, 11) is 0. The Kier molecular flexibility index (Phi) is 3.95. The molecule has 126 valence electrons. The fraction of sp³-hybridized carbons (Fsp3) is 0.217. The fourth-order valence-electron chi connectivity index (χ4n) is 4.34. The summed E-state index contributed by atoms with van der Waals surface area (Å²) in [4.78, 5) is 0. The van der Waals surface area contributed by atoms with Crippen LogP contribution in [0.15, 0.2) is 91.0 Å². The Morgan fingerprint density at radius 1 is 0.640 bits per heavy atom. The second-order valence-electron chi connectivity index (χ2n) is 6.86. The Balaban J connectivity index is 1.92. The van der Waals surface area contributed by atoms with Crippen LogP contribution in [0.1, 0.15) is 35.4 Å². The summed E-state index contributed by atoms with van der Waals surface area (Å²) in [5, 5.41) is 23.7. The lowest BCUT2D eigenvalue weighted by Crippen LogP contribution is -2.48. The highest BCUT2D eigenvalue weighted by molar-refractivity contribution is 5.41. The Morgan fingerprint density at radius 2 is 1.12 bits per heavy atom. The molecule has 1 aliphatic rings. The van der Waals surface area contributed by atoms with E-state index in [9.17, 15) is 10.2 Å². The van der Waals surface area contributed by atoms with Crippen LogP contribution in [0.4, 0.5) is 0 Å². The van der Waals surface area contributed by atoms with Gasteiger partial charge in [-0.1, -0.05) is 91.0 Å². The molecule has 0 heterocycles. The molecule has 0 amide bonds. The van der Waals surface area contributed by atoms with E-state index in [1.165, 1.54) is 0 Å². The highest BCUT2D eigenvalue weighted by Crippen LogP contribution is 2.59. The molecule has 1 fully saturated rings. The van der Waals surface area contributed by atoms with Gasteiger partial charge in [-0.15, -0.1) is 0 Å². The van der Waals surface area contributed by atoms with E-state index < -0.39 is 11.2 Å². The Labute approximate surface area is 148 Å². The van der Waals surface area contributed by atoms with Crippen LogP contribution < -0.4 is 0 Å². The third-order valence-electron chi connectivity index (χ3n) is 5.60. The topological polar surface area (TPSA) is 40.5 Å². The summed E-state index contributed by atoms with van der Waals surface area (Å²) >= 11 is 0. The molecular formula is C23H22O2. The van der Waals surface area contributed by atoms with Gasteiger partial charge in [0, 0.05) is 5.92 Å². The zero-order valence-electron chi connectivity index (χ0n) is 14.0. The summed E-state index contributed by atoms with van der Waals surface area (Å²) in [6.07, 6.45) is 1.24. The van der Waals surface area contributed by atoms with Crippen LogP contribution in [0.25, 0.3) is 0 Å². The monoisotopic (exact) mass is 330 g/mol. The lowest BCUT2D eigenvalue weighted by Gasteiger charge is -2.42. The lowest BCUT2D eigenvalue weighted by atomic mass is 9.70. The maximum atomic E-state index is 12.0. The quantitative estimate of drug-likeness (QED) is 0.750. The van der Waals surface area contributed by atoms with Gasteiger partial charge in [0.05, 0.1) is 0 Å². The van der Waals surface area contributed by atoms with E-state index in [0.29, 0.717) is 6.42 Å². The predicted molar refractivity (Wildman–Crippen MR) is 99.1 cm³/mol. The molecule has 1 aliphatic carbocycles. The average molecular weight is 330 g/mol. The van der Waals surface area contributed by atoms with Gasteiger partial charge in [-0.3, -0.25) is 0 Å². The van der Waals surface area contributed by atoms with E-state index in [4.69, 9.17) is 0 Å². The maximum absolute atomic E-state index is 12.0. The van der Waals surface area contributed by atoms with E-state index in [1.54, 1.807) is 0 Å². The molecule has 0 radical (unpaired) electrons. The van der Waals surface area contributed by atoms with E-state index in [0.717, 1.165) is 23.1 Å². The Morgan fingerprint density at radius 3 is 1.68 bits per heavy atom. The van der Waals surface area contributed by atoms with Crippen LogP contribution in [0.5, 0.6) is 0 Å². The number of rotatable bonds is 3.